The fourth-order valence-electron chi connectivity index (χ4n) is 2.03. The van der Waals surface area contributed by atoms with Crippen LogP contribution in [0.15, 0.2) is 28.7 Å². The molecule has 130 valence electrons. The summed E-state index contributed by atoms with van der Waals surface area (Å²) in [4.78, 5) is 18.7. The number of rotatable bonds is 6. The van der Waals surface area contributed by atoms with E-state index in [1.807, 2.05) is 32.3 Å². The van der Waals surface area contributed by atoms with E-state index in [1.54, 1.807) is 13.0 Å². The Bertz CT molecular complexity index is 723. The van der Waals surface area contributed by atoms with E-state index >= 15 is 0 Å². The van der Waals surface area contributed by atoms with Crippen LogP contribution in [-0.2, 0) is 11.2 Å². The Kier molecular flexibility index (Phi) is 5.67. The van der Waals surface area contributed by atoms with Gasteiger partial charge in [-0.25, -0.2) is 4.98 Å². The van der Waals surface area contributed by atoms with Gasteiger partial charge in [0.05, 0.1) is 22.7 Å². The lowest BCUT2D eigenvalue weighted by Gasteiger charge is -2.32. The Morgan fingerprint density at radius 1 is 1.33 bits per heavy atom. The van der Waals surface area contributed by atoms with Gasteiger partial charge in [-0.05, 0) is 47.0 Å². The first kappa shape index (κ1) is 18.5. The SMILES string of the molecule is Cc1oc(-c2ccccc2Cl)nc1CC(=O)NCC(C)(C)N(C)C. The molecule has 0 saturated carbocycles. The summed E-state index contributed by atoms with van der Waals surface area (Å²) in [5, 5.41) is 3.52. The van der Waals surface area contributed by atoms with Gasteiger partial charge >= 0.3 is 0 Å². The van der Waals surface area contributed by atoms with Gasteiger partial charge in [-0.15, -0.1) is 0 Å². The summed E-state index contributed by atoms with van der Waals surface area (Å²) < 4.78 is 5.68. The van der Waals surface area contributed by atoms with Crippen LogP contribution in [0.2, 0.25) is 5.02 Å². The summed E-state index contributed by atoms with van der Waals surface area (Å²) in [6.45, 7) is 6.51. The van der Waals surface area contributed by atoms with Gasteiger partial charge in [0.25, 0.3) is 0 Å². The molecule has 1 aromatic heterocycles. The lowest BCUT2D eigenvalue weighted by molar-refractivity contribution is -0.121. The Labute approximate surface area is 148 Å². The van der Waals surface area contributed by atoms with Gasteiger partial charge in [-0.2, -0.15) is 0 Å². The molecule has 0 aliphatic heterocycles. The minimum absolute atomic E-state index is 0.0768. The number of hydrogen-bond acceptors (Lipinski definition) is 4. The molecule has 0 saturated heterocycles. The quantitative estimate of drug-likeness (QED) is 0.869. The maximum absolute atomic E-state index is 12.2. The van der Waals surface area contributed by atoms with Gasteiger partial charge in [-0.1, -0.05) is 23.7 Å². The molecule has 1 aromatic carbocycles. The molecule has 0 radical (unpaired) electrons. The van der Waals surface area contributed by atoms with E-state index < -0.39 is 0 Å². The molecule has 0 unspecified atom stereocenters. The summed E-state index contributed by atoms with van der Waals surface area (Å²) in [7, 11) is 3.98. The molecule has 0 atom stereocenters. The average molecular weight is 350 g/mol. The molecule has 0 aliphatic carbocycles. The third-order valence-corrected chi connectivity index (χ3v) is 4.58. The standard InChI is InChI=1S/C18H24ClN3O2/c1-12-15(10-16(23)20-11-18(2,3)22(4)5)21-17(24-12)13-8-6-7-9-14(13)19/h6-9H,10-11H2,1-5H3,(H,20,23). The molecule has 0 fully saturated rings. The van der Waals surface area contributed by atoms with Crippen LogP contribution in [0.3, 0.4) is 0 Å². The molecule has 5 nitrogen and oxygen atoms in total. The molecule has 1 amide bonds. The van der Waals surface area contributed by atoms with Crippen molar-refractivity contribution in [2.45, 2.75) is 32.7 Å². The predicted molar refractivity (Wildman–Crippen MR) is 96.2 cm³/mol. The number of hydrogen-bond donors (Lipinski definition) is 1. The number of likely N-dealkylation sites (N-methyl/N-ethyl adjacent to an activating group) is 1. The molecule has 2 rings (SSSR count). The number of benzene rings is 1. The van der Waals surface area contributed by atoms with Crippen LogP contribution >= 0.6 is 11.6 Å². The molecule has 1 heterocycles. The normalized spacial score (nSPS) is 11.8. The molecular formula is C18H24ClN3O2. The lowest BCUT2D eigenvalue weighted by atomic mass is 10.0. The number of carbonyl (C=O) groups is 1. The zero-order valence-electron chi connectivity index (χ0n) is 14.8. The number of amides is 1. The monoisotopic (exact) mass is 349 g/mol. The van der Waals surface area contributed by atoms with Crippen LogP contribution < -0.4 is 5.32 Å². The Morgan fingerprint density at radius 3 is 2.62 bits per heavy atom. The van der Waals surface area contributed by atoms with Crippen molar-refractivity contribution >= 4 is 17.5 Å². The second kappa shape index (κ2) is 7.36. The summed E-state index contributed by atoms with van der Waals surface area (Å²) >= 11 is 6.17. The van der Waals surface area contributed by atoms with E-state index in [1.165, 1.54) is 0 Å². The van der Waals surface area contributed by atoms with Crippen molar-refractivity contribution in [2.75, 3.05) is 20.6 Å². The minimum Gasteiger partial charge on any atom is -0.441 e. The van der Waals surface area contributed by atoms with Crippen molar-refractivity contribution in [1.82, 2.24) is 15.2 Å². The molecule has 24 heavy (non-hydrogen) atoms. The van der Waals surface area contributed by atoms with Gasteiger partial charge in [0.15, 0.2) is 0 Å². The fraction of sp³-hybridized carbons (Fsp3) is 0.444. The molecule has 0 bridgehead atoms. The van der Waals surface area contributed by atoms with Crippen LogP contribution in [0, 0.1) is 6.92 Å². The Hall–Kier alpha value is -1.85. The Morgan fingerprint density at radius 2 is 2.00 bits per heavy atom. The molecule has 6 heteroatoms. The highest BCUT2D eigenvalue weighted by molar-refractivity contribution is 6.33. The molecule has 2 aromatic rings. The second-order valence-corrected chi connectivity index (χ2v) is 7.07. The predicted octanol–water partition coefficient (Wildman–Crippen LogP) is 3.30. The van der Waals surface area contributed by atoms with Crippen LogP contribution in [0.25, 0.3) is 11.5 Å². The maximum atomic E-state index is 12.2. The fourth-order valence-corrected chi connectivity index (χ4v) is 2.25. The summed E-state index contributed by atoms with van der Waals surface area (Å²) in [5.41, 5.74) is 1.24. The third kappa shape index (κ3) is 4.36. The highest BCUT2D eigenvalue weighted by atomic mass is 35.5. The number of nitrogens with zero attached hydrogens (tertiary/aromatic N) is 2. The summed E-state index contributed by atoms with van der Waals surface area (Å²) in [6.07, 6.45) is 0.184. The maximum Gasteiger partial charge on any atom is 0.228 e. The molecule has 1 N–H and O–H groups in total. The smallest absolute Gasteiger partial charge is 0.228 e. The number of carbonyl (C=O) groups excluding carboxylic acids is 1. The number of nitrogens with one attached hydrogen (secondary N) is 1. The molecule has 0 aliphatic rings. The van der Waals surface area contributed by atoms with Crippen molar-refractivity contribution in [1.29, 1.82) is 0 Å². The van der Waals surface area contributed by atoms with Gasteiger partial charge in [0.1, 0.15) is 5.76 Å². The number of halogens is 1. The topological polar surface area (TPSA) is 58.4 Å². The first-order valence-electron chi connectivity index (χ1n) is 7.86. The largest absolute Gasteiger partial charge is 0.441 e. The van der Waals surface area contributed by atoms with E-state index in [0.717, 1.165) is 5.56 Å². The van der Waals surface area contributed by atoms with E-state index in [0.29, 0.717) is 28.9 Å². The van der Waals surface area contributed by atoms with Crippen LogP contribution in [0.4, 0.5) is 0 Å². The zero-order chi connectivity index (χ0) is 17.9. The van der Waals surface area contributed by atoms with Crippen molar-refractivity contribution in [3.8, 4) is 11.5 Å². The van der Waals surface area contributed by atoms with Crippen molar-refractivity contribution in [3.63, 3.8) is 0 Å². The summed E-state index contributed by atoms with van der Waals surface area (Å²) in [5.74, 6) is 0.994. The number of oxazole rings is 1. The number of aryl methyl sites for hydroxylation is 1. The van der Waals surface area contributed by atoms with Crippen LogP contribution in [0.5, 0.6) is 0 Å². The van der Waals surface area contributed by atoms with E-state index in [-0.39, 0.29) is 17.9 Å². The van der Waals surface area contributed by atoms with Gasteiger partial charge in [0.2, 0.25) is 11.8 Å². The van der Waals surface area contributed by atoms with Crippen molar-refractivity contribution < 1.29 is 9.21 Å². The first-order valence-corrected chi connectivity index (χ1v) is 8.24. The van der Waals surface area contributed by atoms with E-state index in [9.17, 15) is 4.79 Å². The lowest BCUT2D eigenvalue weighted by Crippen LogP contribution is -2.48. The van der Waals surface area contributed by atoms with Crippen molar-refractivity contribution in [2.24, 2.45) is 0 Å². The van der Waals surface area contributed by atoms with E-state index in [2.05, 4.69) is 29.0 Å². The van der Waals surface area contributed by atoms with Crippen LogP contribution in [0.1, 0.15) is 25.3 Å². The van der Waals surface area contributed by atoms with Gasteiger partial charge in [0, 0.05) is 12.1 Å². The van der Waals surface area contributed by atoms with Crippen molar-refractivity contribution in [3.05, 3.63) is 40.7 Å². The van der Waals surface area contributed by atoms with Gasteiger partial charge < -0.3 is 14.6 Å². The zero-order valence-corrected chi connectivity index (χ0v) is 15.6. The van der Waals surface area contributed by atoms with E-state index in [4.69, 9.17) is 16.0 Å². The summed E-state index contributed by atoms with van der Waals surface area (Å²) in [6, 6.07) is 7.35. The van der Waals surface area contributed by atoms with Crippen LogP contribution in [-0.4, -0.2) is 42.0 Å². The first-order chi connectivity index (χ1) is 11.2. The third-order valence-electron chi connectivity index (χ3n) is 4.25. The highest BCUT2D eigenvalue weighted by Crippen LogP contribution is 2.28. The average Bonchev–Trinajstić information content (AvgIpc) is 2.86. The Balaban J connectivity index is 2.06. The second-order valence-electron chi connectivity index (χ2n) is 6.66. The molecular weight excluding hydrogens is 326 g/mol. The molecule has 0 spiro atoms. The van der Waals surface area contributed by atoms with Gasteiger partial charge in [-0.3, -0.25) is 4.79 Å². The minimum atomic E-state index is -0.114. The number of aromatic nitrogens is 1. The highest BCUT2D eigenvalue weighted by Gasteiger charge is 2.22.